The number of nitrogens with two attached hydrogens (primary N) is 1. The van der Waals surface area contributed by atoms with Crippen LogP contribution in [-0.2, 0) is 6.42 Å². The second-order valence-corrected chi connectivity index (χ2v) is 7.45. The van der Waals surface area contributed by atoms with Crippen LogP contribution in [0.1, 0.15) is 43.0 Å². The molecule has 0 fully saturated rings. The van der Waals surface area contributed by atoms with E-state index in [1.807, 2.05) is 44.2 Å². The monoisotopic (exact) mass is 390 g/mol. The Hall–Kier alpha value is -3.43. The maximum atomic E-state index is 11.7. The molecule has 140 valence electrons. The van der Waals surface area contributed by atoms with Gasteiger partial charge in [0.05, 0.1) is 5.56 Å². The van der Waals surface area contributed by atoms with Crippen molar-refractivity contribution < 1.29 is 14.7 Å². The largest absolute Gasteiger partial charge is 0.477 e. The number of benzene rings is 2. The zero-order chi connectivity index (χ0) is 20.4. The zero-order valence-corrected chi connectivity index (χ0v) is 16.3. The molecular weight excluding hydrogens is 372 g/mol. The second-order valence-electron chi connectivity index (χ2n) is 6.35. The van der Waals surface area contributed by atoms with E-state index in [2.05, 4.69) is 6.07 Å². The quantitative estimate of drug-likeness (QED) is 0.663. The number of aryl methyl sites for hydroxylation is 2. The van der Waals surface area contributed by atoms with E-state index < -0.39 is 11.9 Å². The smallest absolute Gasteiger partial charge is 0.346 e. The lowest BCUT2D eigenvalue weighted by molar-refractivity contribution is 0.0702. The zero-order valence-electron chi connectivity index (χ0n) is 15.4. The summed E-state index contributed by atoms with van der Waals surface area (Å²) in [6, 6.07) is 14.8. The van der Waals surface area contributed by atoms with Gasteiger partial charge >= 0.3 is 5.97 Å². The van der Waals surface area contributed by atoms with Gasteiger partial charge in [-0.1, -0.05) is 37.3 Å². The molecule has 3 N–H and O–H groups in total. The van der Waals surface area contributed by atoms with Crippen molar-refractivity contribution in [3.8, 4) is 28.3 Å². The molecule has 0 aliphatic carbocycles. The summed E-state index contributed by atoms with van der Waals surface area (Å²) in [5, 5.41) is 19.2. The Bertz CT molecular complexity index is 1120. The standard InChI is InChI=1S/C22H18N2O3S/c1-3-18-17(11-23)19(20(28-18)22(26)27)15-8-9-16(12(2)10-15)13-4-6-14(7-5-13)21(24)25/h4-10H,3H2,1-2H3,(H2,24,25)(H,26,27). The fourth-order valence-electron chi connectivity index (χ4n) is 3.23. The van der Waals surface area contributed by atoms with Gasteiger partial charge in [0, 0.05) is 16.0 Å². The van der Waals surface area contributed by atoms with Gasteiger partial charge in [0.15, 0.2) is 0 Å². The molecule has 5 nitrogen and oxygen atoms in total. The lowest BCUT2D eigenvalue weighted by atomic mass is 9.93. The van der Waals surface area contributed by atoms with Gasteiger partial charge in [0.25, 0.3) is 0 Å². The molecule has 0 saturated carbocycles. The van der Waals surface area contributed by atoms with Gasteiger partial charge in [0.1, 0.15) is 10.9 Å². The first-order chi connectivity index (χ1) is 13.4. The number of carbonyl (C=O) groups excluding carboxylic acids is 1. The van der Waals surface area contributed by atoms with Crippen molar-refractivity contribution in [1.82, 2.24) is 0 Å². The number of hydrogen-bond acceptors (Lipinski definition) is 4. The first-order valence-corrected chi connectivity index (χ1v) is 9.49. The minimum atomic E-state index is -1.03. The number of nitriles is 1. The number of aromatic carboxylic acids is 1. The number of thiophene rings is 1. The van der Waals surface area contributed by atoms with Crippen LogP contribution < -0.4 is 5.73 Å². The summed E-state index contributed by atoms with van der Waals surface area (Å²) in [4.78, 5) is 23.9. The van der Waals surface area contributed by atoms with Gasteiger partial charge in [-0.2, -0.15) is 5.26 Å². The fourth-order valence-corrected chi connectivity index (χ4v) is 4.28. The summed E-state index contributed by atoms with van der Waals surface area (Å²) in [5.74, 6) is -1.51. The molecule has 0 unspecified atom stereocenters. The van der Waals surface area contributed by atoms with Crippen molar-refractivity contribution in [2.75, 3.05) is 0 Å². The summed E-state index contributed by atoms with van der Waals surface area (Å²) in [6.07, 6.45) is 0.608. The van der Waals surface area contributed by atoms with Crippen molar-refractivity contribution in [3.63, 3.8) is 0 Å². The molecule has 0 aliphatic rings. The first kappa shape index (κ1) is 19.3. The molecule has 2 aromatic carbocycles. The van der Waals surface area contributed by atoms with Gasteiger partial charge < -0.3 is 10.8 Å². The summed E-state index contributed by atoms with van der Waals surface area (Å²) in [7, 11) is 0. The van der Waals surface area contributed by atoms with E-state index in [0.29, 0.717) is 28.7 Å². The molecule has 1 heterocycles. The van der Waals surface area contributed by atoms with Crippen LogP contribution in [0.15, 0.2) is 42.5 Å². The lowest BCUT2D eigenvalue weighted by Crippen LogP contribution is -2.10. The van der Waals surface area contributed by atoms with E-state index >= 15 is 0 Å². The third kappa shape index (κ3) is 3.40. The number of carboxylic acid groups (broad SMARTS) is 1. The molecule has 0 aliphatic heterocycles. The van der Waals surface area contributed by atoms with Gasteiger partial charge in [0.2, 0.25) is 5.91 Å². The average molecular weight is 390 g/mol. The van der Waals surface area contributed by atoms with Crippen molar-refractivity contribution in [3.05, 3.63) is 68.9 Å². The summed E-state index contributed by atoms with van der Waals surface area (Å²) in [6.45, 7) is 3.84. The van der Waals surface area contributed by atoms with Crippen LogP contribution in [-0.4, -0.2) is 17.0 Å². The third-order valence-electron chi connectivity index (χ3n) is 4.60. The third-order valence-corrected chi connectivity index (χ3v) is 5.93. The highest BCUT2D eigenvalue weighted by atomic mass is 32.1. The summed E-state index contributed by atoms with van der Waals surface area (Å²) >= 11 is 1.16. The van der Waals surface area contributed by atoms with E-state index in [0.717, 1.165) is 32.9 Å². The molecule has 0 spiro atoms. The Balaban J connectivity index is 2.11. The Morgan fingerprint density at radius 3 is 2.29 bits per heavy atom. The molecule has 1 aromatic heterocycles. The van der Waals surface area contributed by atoms with Crippen LogP contribution in [0.4, 0.5) is 0 Å². The molecule has 3 rings (SSSR count). The molecular formula is C22H18N2O3S. The molecule has 0 bridgehead atoms. The number of carbonyl (C=O) groups is 2. The molecule has 0 atom stereocenters. The minimum Gasteiger partial charge on any atom is -0.477 e. The minimum absolute atomic E-state index is 0.186. The Kier molecular flexibility index (Phi) is 5.30. The maximum Gasteiger partial charge on any atom is 0.346 e. The highest BCUT2D eigenvalue weighted by Crippen LogP contribution is 2.38. The Morgan fingerprint density at radius 2 is 1.79 bits per heavy atom. The normalized spacial score (nSPS) is 10.5. The van der Waals surface area contributed by atoms with E-state index in [-0.39, 0.29) is 4.88 Å². The Labute approximate surface area is 166 Å². The van der Waals surface area contributed by atoms with Crippen molar-refractivity contribution in [1.29, 1.82) is 5.26 Å². The molecule has 6 heteroatoms. The number of amides is 1. The van der Waals surface area contributed by atoms with Gasteiger partial charge in [-0.05, 0) is 47.7 Å². The molecule has 3 aromatic rings. The number of carboxylic acids is 1. The van der Waals surface area contributed by atoms with Crippen LogP contribution in [0.3, 0.4) is 0 Å². The molecule has 0 saturated heterocycles. The van der Waals surface area contributed by atoms with E-state index in [4.69, 9.17) is 5.73 Å². The first-order valence-electron chi connectivity index (χ1n) is 8.67. The number of rotatable bonds is 5. The highest BCUT2D eigenvalue weighted by molar-refractivity contribution is 7.14. The summed E-state index contributed by atoms with van der Waals surface area (Å²) in [5.41, 5.74) is 10.2. The van der Waals surface area contributed by atoms with Crippen LogP contribution in [0.2, 0.25) is 0 Å². The highest BCUT2D eigenvalue weighted by Gasteiger charge is 2.23. The molecule has 1 amide bonds. The fraction of sp³-hybridized carbons (Fsp3) is 0.136. The van der Waals surface area contributed by atoms with Crippen LogP contribution >= 0.6 is 11.3 Å². The average Bonchev–Trinajstić information content (AvgIpc) is 3.07. The van der Waals surface area contributed by atoms with Crippen molar-refractivity contribution >= 4 is 23.2 Å². The van der Waals surface area contributed by atoms with Gasteiger partial charge in [-0.3, -0.25) is 4.79 Å². The molecule has 0 radical (unpaired) electrons. The van der Waals surface area contributed by atoms with E-state index in [1.165, 1.54) is 0 Å². The van der Waals surface area contributed by atoms with Gasteiger partial charge in [-0.25, -0.2) is 4.79 Å². The lowest BCUT2D eigenvalue weighted by Gasteiger charge is -2.10. The SMILES string of the molecule is CCc1sc(C(=O)O)c(-c2ccc(-c3ccc(C(N)=O)cc3)c(C)c2)c1C#N. The van der Waals surface area contributed by atoms with Crippen LogP contribution in [0.25, 0.3) is 22.3 Å². The predicted molar refractivity (Wildman–Crippen MR) is 109 cm³/mol. The topological polar surface area (TPSA) is 104 Å². The molecule has 28 heavy (non-hydrogen) atoms. The van der Waals surface area contributed by atoms with Crippen LogP contribution in [0, 0.1) is 18.3 Å². The summed E-state index contributed by atoms with van der Waals surface area (Å²) < 4.78 is 0. The van der Waals surface area contributed by atoms with Crippen molar-refractivity contribution in [2.24, 2.45) is 5.73 Å². The van der Waals surface area contributed by atoms with Crippen molar-refractivity contribution in [2.45, 2.75) is 20.3 Å². The second kappa shape index (κ2) is 7.67. The maximum absolute atomic E-state index is 11.7. The van der Waals surface area contributed by atoms with E-state index in [9.17, 15) is 20.0 Å². The number of nitrogens with zero attached hydrogens (tertiary/aromatic N) is 1. The number of hydrogen-bond donors (Lipinski definition) is 2. The predicted octanol–water partition coefficient (Wildman–Crippen LogP) is 4.62. The number of primary amides is 1. The van der Waals surface area contributed by atoms with Crippen LogP contribution in [0.5, 0.6) is 0 Å². The van der Waals surface area contributed by atoms with Gasteiger partial charge in [-0.15, -0.1) is 11.3 Å². The Morgan fingerprint density at radius 1 is 1.14 bits per heavy atom. The van der Waals surface area contributed by atoms with E-state index in [1.54, 1.807) is 12.1 Å².